The van der Waals surface area contributed by atoms with Gasteiger partial charge in [-0.2, -0.15) is 0 Å². The molecule has 19 heavy (non-hydrogen) atoms. The van der Waals surface area contributed by atoms with E-state index in [2.05, 4.69) is 57.1 Å². The summed E-state index contributed by atoms with van der Waals surface area (Å²) in [5.41, 5.74) is 1.47. The molecular formula is C16H23IN2. The largest absolute Gasteiger partial charge is 0.316 e. The molecule has 2 fully saturated rings. The summed E-state index contributed by atoms with van der Waals surface area (Å²) in [6, 6.07) is 9.89. The molecule has 0 aromatic heterocycles. The zero-order valence-corrected chi connectivity index (χ0v) is 13.6. The topological polar surface area (TPSA) is 15.3 Å². The smallest absolute Gasteiger partial charge is 0.0236 e. The maximum Gasteiger partial charge on any atom is 0.0236 e. The third-order valence-corrected chi connectivity index (χ3v) is 4.97. The van der Waals surface area contributed by atoms with Gasteiger partial charge >= 0.3 is 0 Å². The van der Waals surface area contributed by atoms with Gasteiger partial charge in [-0.05, 0) is 85.0 Å². The highest BCUT2D eigenvalue weighted by Gasteiger charge is 2.30. The minimum atomic E-state index is 0.859. The molecule has 1 aromatic carbocycles. The van der Waals surface area contributed by atoms with Crippen molar-refractivity contribution in [2.45, 2.75) is 38.3 Å². The Morgan fingerprint density at radius 3 is 2.58 bits per heavy atom. The second kappa shape index (κ2) is 6.55. The van der Waals surface area contributed by atoms with E-state index < -0.39 is 0 Å². The fourth-order valence-electron chi connectivity index (χ4n) is 3.02. The summed E-state index contributed by atoms with van der Waals surface area (Å²) in [6.45, 7) is 4.86. The Labute approximate surface area is 130 Å². The third-order valence-electron chi connectivity index (χ3n) is 4.25. The van der Waals surface area contributed by atoms with E-state index in [0.717, 1.165) is 18.5 Å². The highest BCUT2D eigenvalue weighted by Crippen LogP contribution is 2.30. The summed E-state index contributed by atoms with van der Waals surface area (Å²) < 4.78 is 1.33. The molecule has 1 saturated carbocycles. The maximum atomic E-state index is 3.54. The number of piperidine rings is 1. The molecule has 104 valence electrons. The molecule has 1 atom stereocenters. The molecule has 2 nitrogen and oxygen atoms in total. The number of rotatable bonds is 5. The minimum Gasteiger partial charge on any atom is -0.316 e. The van der Waals surface area contributed by atoms with Crippen LogP contribution < -0.4 is 5.32 Å². The molecular weight excluding hydrogens is 347 g/mol. The quantitative estimate of drug-likeness (QED) is 0.801. The second-order valence-corrected chi connectivity index (χ2v) is 7.25. The van der Waals surface area contributed by atoms with E-state index in [0.29, 0.717) is 0 Å². The van der Waals surface area contributed by atoms with Crippen LogP contribution in [0.1, 0.15) is 31.2 Å². The average molecular weight is 370 g/mol. The Kier molecular flexibility index (Phi) is 4.77. The number of nitrogens with one attached hydrogen (secondary N) is 1. The fraction of sp³-hybridized carbons (Fsp3) is 0.625. The molecule has 1 aliphatic heterocycles. The van der Waals surface area contributed by atoms with Crippen molar-refractivity contribution in [3.05, 3.63) is 33.4 Å². The van der Waals surface area contributed by atoms with Crippen LogP contribution in [0, 0.1) is 9.49 Å². The summed E-state index contributed by atoms with van der Waals surface area (Å²) in [4.78, 5) is 2.72. The number of nitrogens with zero attached hydrogens (tertiary/aromatic N) is 1. The van der Waals surface area contributed by atoms with Crippen LogP contribution in [0.5, 0.6) is 0 Å². The van der Waals surface area contributed by atoms with Crippen molar-refractivity contribution in [1.82, 2.24) is 10.2 Å². The van der Waals surface area contributed by atoms with Crippen molar-refractivity contribution >= 4 is 22.6 Å². The molecule has 0 spiro atoms. The number of hydrogen-bond donors (Lipinski definition) is 1. The third kappa shape index (κ3) is 4.17. The van der Waals surface area contributed by atoms with Crippen molar-refractivity contribution in [3.63, 3.8) is 0 Å². The van der Waals surface area contributed by atoms with E-state index in [4.69, 9.17) is 0 Å². The summed E-state index contributed by atoms with van der Waals surface area (Å²) in [6.07, 6.45) is 5.57. The van der Waals surface area contributed by atoms with E-state index in [1.54, 1.807) is 0 Å². The maximum absolute atomic E-state index is 3.54. The molecule has 1 unspecified atom stereocenters. The summed E-state index contributed by atoms with van der Waals surface area (Å²) >= 11 is 2.38. The van der Waals surface area contributed by atoms with Gasteiger partial charge in [0, 0.05) is 22.7 Å². The predicted molar refractivity (Wildman–Crippen MR) is 88.2 cm³/mol. The molecule has 0 radical (unpaired) electrons. The molecule has 0 bridgehead atoms. The first kappa shape index (κ1) is 13.8. The van der Waals surface area contributed by atoms with Crippen LogP contribution >= 0.6 is 22.6 Å². The molecule has 3 heteroatoms. The van der Waals surface area contributed by atoms with Gasteiger partial charge in [0.2, 0.25) is 0 Å². The van der Waals surface area contributed by atoms with Gasteiger partial charge in [0.1, 0.15) is 0 Å². The number of halogens is 1. The van der Waals surface area contributed by atoms with Gasteiger partial charge in [-0.25, -0.2) is 0 Å². The Hall–Kier alpha value is -0.130. The Morgan fingerprint density at radius 2 is 1.95 bits per heavy atom. The Bertz CT molecular complexity index is 394. The van der Waals surface area contributed by atoms with Gasteiger partial charge in [0.25, 0.3) is 0 Å². The second-order valence-electron chi connectivity index (χ2n) is 6.00. The molecule has 1 aliphatic carbocycles. The lowest BCUT2D eigenvalue weighted by atomic mass is 9.98. The van der Waals surface area contributed by atoms with Crippen molar-refractivity contribution < 1.29 is 0 Å². The van der Waals surface area contributed by atoms with Crippen molar-refractivity contribution in [2.24, 2.45) is 5.92 Å². The molecule has 1 saturated heterocycles. The molecule has 1 N–H and O–H groups in total. The first-order chi connectivity index (χ1) is 9.31. The van der Waals surface area contributed by atoms with E-state index in [1.807, 2.05) is 0 Å². The van der Waals surface area contributed by atoms with Gasteiger partial charge in [-0.15, -0.1) is 0 Å². The first-order valence-electron chi connectivity index (χ1n) is 7.50. The van der Waals surface area contributed by atoms with Gasteiger partial charge in [-0.1, -0.05) is 12.1 Å². The standard InChI is InChI=1S/C16H23IN2/c17-15-5-3-13(4-6-15)11-19(16-7-8-16)12-14-2-1-9-18-10-14/h3-6,14,16,18H,1-2,7-12H2. The monoisotopic (exact) mass is 370 g/mol. The van der Waals surface area contributed by atoms with Crippen molar-refractivity contribution in [1.29, 1.82) is 0 Å². The van der Waals surface area contributed by atoms with Crippen molar-refractivity contribution in [2.75, 3.05) is 19.6 Å². The Balaban J connectivity index is 1.59. The highest BCUT2D eigenvalue weighted by atomic mass is 127. The zero-order valence-electron chi connectivity index (χ0n) is 11.4. The van der Waals surface area contributed by atoms with E-state index in [1.165, 1.54) is 54.5 Å². The molecule has 1 heterocycles. The van der Waals surface area contributed by atoms with Crippen LogP contribution in [0.2, 0.25) is 0 Å². The van der Waals surface area contributed by atoms with E-state index >= 15 is 0 Å². The lowest BCUT2D eigenvalue weighted by molar-refractivity contribution is 0.193. The van der Waals surface area contributed by atoms with Gasteiger partial charge in [0.05, 0.1) is 0 Å². The predicted octanol–water partition coefficient (Wildman–Crippen LogP) is 3.26. The average Bonchev–Trinajstić information content (AvgIpc) is 3.26. The fourth-order valence-corrected chi connectivity index (χ4v) is 3.38. The van der Waals surface area contributed by atoms with Gasteiger partial charge in [0.15, 0.2) is 0 Å². The van der Waals surface area contributed by atoms with Gasteiger partial charge in [-0.3, -0.25) is 4.90 Å². The zero-order chi connectivity index (χ0) is 13.1. The van der Waals surface area contributed by atoms with Crippen LogP contribution in [0.25, 0.3) is 0 Å². The van der Waals surface area contributed by atoms with Gasteiger partial charge < -0.3 is 5.32 Å². The van der Waals surface area contributed by atoms with Crippen LogP contribution in [0.15, 0.2) is 24.3 Å². The molecule has 3 rings (SSSR count). The molecule has 0 amide bonds. The van der Waals surface area contributed by atoms with Crippen LogP contribution in [0.4, 0.5) is 0 Å². The SMILES string of the molecule is Ic1ccc(CN(CC2CCCNC2)C2CC2)cc1. The lowest BCUT2D eigenvalue weighted by Crippen LogP contribution is -2.39. The van der Waals surface area contributed by atoms with Crippen LogP contribution in [-0.4, -0.2) is 30.6 Å². The normalized spacial score (nSPS) is 23.8. The number of hydrogen-bond acceptors (Lipinski definition) is 2. The first-order valence-corrected chi connectivity index (χ1v) is 8.58. The lowest BCUT2D eigenvalue weighted by Gasteiger charge is -2.30. The molecule has 1 aromatic rings. The minimum absolute atomic E-state index is 0.859. The number of benzene rings is 1. The summed E-state index contributed by atoms with van der Waals surface area (Å²) in [7, 11) is 0. The summed E-state index contributed by atoms with van der Waals surface area (Å²) in [5.74, 6) is 0.859. The van der Waals surface area contributed by atoms with Crippen molar-refractivity contribution in [3.8, 4) is 0 Å². The van der Waals surface area contributed by atoms with Crippen LogP contribution in [0.3, 0.4) is 0 Å². The van der Waals surface area contributed by atoms with E-state index in [-0.39, 0.29) is 0 Å². The Morgan fingerprint density at radius 1 is 1.16 bits per heavy atom. The molecule has 2 aliphatic rings. The highest BCUT2D eigenvalue weighted by molar-refractivity contribution is 14.1. The summed E-state index contributed by atoms with van der Waals surface area (Å²) in [5, 5.41) is 3.54. The van der Waals surface area contributed by atoms with Crippen LogP contribution in [-0.2, 0) is 6.54 Å². The van der Waals surface area contributed by atoms with E-state index in [9.17, 15) is 0 Å².